The zero-order chi connectivity index (χ0) is 23.7. The highest BCUT2D eigenvalue weighted by Crippen LogP contribution is 2.31. The van der Waals surface area contributed by atoms with Crippen molar-refractivity contribution in [1.82, 2.24) is 30.0 Å². The smallest absolute Gasteiger partial charge is 0.270 e. The number of aromatic nitrogens is 4. The molecule has 3 aromatic heterocycles. The second-order valence-electron chi connectivity index (χ2n) is 9.35. The number of carbonyl (C=O) groups is 2. The number of fused-ring (bicyclic) bond motifs is 2. The van der Waals surface area contributed by atoms with Gasteiger partial charge in [-0.2, -0.15) is 0 Å². The van der Waals surface area contributed by atoms with Crippen molar-refractivity contribution in [2.24, 2.45) is 5.92 Å². The predicted octanol–water partition coefficient (Wildman–Crippen LogP) is 3.44. The van der Waals surface area contributed by atoms with Crippen LogP contribution in [0.2, 0.25) is 0 Å². The van der Waals surface area contributed by atoms with E-state index in [1.165, 1.54) is 17.5 Å². The molecule has 1 N–H and O–H groups in total. The maximum absolute atomic E-state index is 13.4. The zero-order valence-corrected chi connectivity index (χ0v) is 20.5. The molecule has 8 nitrogen and oxygen atoms in total. The third-order valence-electron chi connectivity index (χ3n) is 6.77. The Bertz CT molecular complexity index is 1190. The van der Waals surface area contributed by atoms with Crippen LogP contribution in [0.5, 0.6) is 0 Å². The molecule has 1 atom stereocenters. The van der Waals surface area contributed by atoms with Crippen LogP contribution in [-0.4, -0.2) is 49.6 Å². The maximum atomic E-state index is 13.4. The van der Waals surface area contributed by atoms with Gasteiger partial charge < -0.3 is 14.8 Å². The van der Waals surface area contributed by atoms with E-state index in [0.29, 0.717) is 31.7 Å². The molecule has 1 aliphatic carbocycles. The van der Waals surface area contributed by atoms with Crippen LogP contribution in [0, 0.1) is 5.92 Å². The molecule has 3 aromatic rings. The summed E-state index contributed by atoms with van der Waals surface area (Å²) >= 11 is 1.60. The second kappa shape index (κ2) is 9.66. The summed E-state index contributed by atoms with van der Waals surface area (Å²) in [5.74, 6) is 1.61. The molecule has 0 bridgehead atoms. The minimum Gasteiger partial charge on any atom is -0.340 e. The summed E-state index contributed by atoms with van der Waals surface area (Å²) in [6, 6.07) is 4.98. The molecule has 34 heavy (non-hydrogen) atoms. The van der Waals surface area contributed by atoms with Gasteiger partial charge in [0, 0.05) is 32.3 Å². The molecule has 0 saturated carbocycles. The van der Waals surface area contributed by atoms with Gasteiger partial charge in [-0.15, -0.1) is 21.5 Å². The molecule has 0 saturated heterocycles. The fourth-order valence-electron chi connectivity index (χ4n) is 4.86. The van der Waals surface area contributed by atoms with E-state index in [9.17, 15) is 9.59 Å². The van der Waals surface area contributed by atoms with Gasteiger partial charge in [-0.05, 0) is 60.2 Å². The van der Waals surface area contributed by atoms with Crippen molar-refractivity contribution in [2.45, 2.75) is 58.5 Å². The number of amides is 2. The lowest BCUT2D eigenvalue weighted by atomic mass is 9.93. The van der Waals surface area contributed by atoms with Crippen molar-refractivity contribution in [3.8, 4) is 0 Å². The second-order valence-corrected chi connectivity index (χ2v) is 10.2. The molecule has 0 fully saturated rings. The summed E-state index contributed by atoms with van der Waals surface area (Å²) in [5.41, 5.74) is 3.00. The predicted molar refractivity (Wildman–Crippen MR) is 130 cm³/mol. The Balaban J connectivity index is 1.33. The Morgan fingerprint density at radius 3 is 2.71 bits per heavy atom. The Kier molecular flexibility index (Phi) is 6.45. The van der Waals surface area contributed by atoms with E-state index in [1.54, 1.807) is 35.7 Å². The minimum atomic E-state index is -0.303. The van der Waals surface area contributed by atoms with Gasteiger partial charge in [0.2, 0.25) is 0 Å². The molecular formula is C25H30N6O2S. The molecule has 0 unspecified atom stereocenters. The van der Waals surface area contributed by atoms with Gasteiger partial charge in [0.1, 0.15) is 11.5 Å². The highest BCUT2D eigenvalue weighted by atomic mass is 32.1. The van der Waals surface area contributed by atoms with Gasteiger partial charge >= 0.3 is 0 Å². The van der Waals surface area contributed by atoms with Gasteiger partial charge in [-0.3, -0.25) is 14.6 Å². The molecule has 0 spiro atoms. The number of pyridine rings is 1. The van der Waals surface area contributed by atoms with Crippen LogP contribution in [-0.2, 0) is 25.8 Å². The maximum Gasteiger partial charge on any atom is 0.270 e. The van der Waals surface area contributed by atoms with Crippen LogP contribution >= 0.6 is 11.3 Å². The van der Waals surface area contributed by atoms with Gasteiger partial charge in [-0.25, -0.2) is 0 Å². The van der Waals surface area contributed by atoms with Gasteiger partial charge in [0.15, 0.2) is 5.82 Å². The summed E-state index contributed by atoms with van der Waals surface area (Å²) in [4.78, 5) is 33.2. The Hall–Kier alpha value is -3.07. The van der Waals surface area contributed by atoms with E-state index in [1.807, 2.05) is 4.90 Å². The van der Waals surface area contributed by atoms with E-state index in [4.69, 9.17) is 0 Å². The summed E-state index contributed by atoms with van der Waals surface area (Å²) in [6.45, 7) is 5.94. The first-order chi connectivity index (χ1) is 16.5. The fourth-order valence-corrected chi connectivity index (χ4v) is 5.99. The number of aryl methyl sites for hydroxylation is 1. The van der Waals surface area contributed by atoms with Crippen LogP contribution in [0.25, 0.3) is 0 Å². The van der Waals surface area contributed by atoms with Crippen molar-refractivity contribution >= 4 is 23.2 Å². The van der Waals surface area contributed by atoms with Crippen molar-refractivity contribution < 1.29 is 9.59 Å². The van der Waals surface area contributed by atoms with Crippen LogP contribution in [0.4, 0.5) is 0 Å². The topological polar surface area (TPSA) is 93.0 Å². The molecule has 0 aromatic carbocycles. The fraction of sp³-hybridized carbons (Fsp3) is 0.480. The van der Waals surface area contributed by atoms with E-state index in [0.717, 1.165) is 35.8 Å². The first-order valence-electron chi connectivity index (χ1n) is 12.0. The van der Waals surface area contributed by atoms with Crippen molar-refractivity contribution in [1.29, 1.82) is 0 Å². The lowest BCUT2D eigenvalue weighted by Crippen LogP contribution is -2.36. The summed E-state index contributed by atoms with van der Waals surface area (Å²) < 4.78 is 2.08. The van der Waals surface area contributed by atoms with E-state index < -0.39 is 0 Å². The molecule has 4 heterocycles. The Morgan fingerprint density at radius 2 is 1.91 bits per heavy atom. The molecule has 5 rings (SSSR count). The average Bonchev–Trinajstić information content (AvgIpc) is 3.40. The highest BCUT2D eigenvalue weighted by molar-refractivity contribution is 7.12. The summed E-state index contributed by atoms with van der Waals surface area (Å²) in [6.07, 6.45) is 6.73. The molecule has 178 valence electrons. The SMILES string of the molecule is CC(C)[C@H](NC(=O)c1ccccn1)c1nnc2n1CCN(C(=O)c1scc3c1CCCC3)CC2. The molecular weight excluding hydrogens is 448 g/mol. The lowest BCUT2D eigenvalue weighted by Gasteiger charge is -2.23. The standard InChI is InChI=1S/C25H30N6O2S/c1-16(2)21(27-24(32)19-9-5-6-11-26-19)23-29-28-20-10-12-30(13-14-31(20)23)25(33)22-18-8-4-3-7-17(18)15-34-22/h5-6,9,11,15-16,21H,3-4,7-8,10,12-14H2,1-2H3,(H,27,32)/t21-/m0/s1. The van der Waals surface area contributed by atoms with Gasteiger partial charge in [0.05, 0.1) is 10.9 Å². The molecule has 1 aliphatic heterocycles. The minimum absolute atomic E-state index is 0.111. The Labute approximate surface area is 203 Å². The molecule has 9 heteroatoms. The Morgan fingerprint density at radius 1 is 1.06 bits per heavy atom. The molecule has 2 amide bonds. The quantitative estimate of drug-likeness (QED) is 0.606. The number of hydrogen-bond acceptors (Lipinski definition) is 6. The number of rotatable bonds is 5. The number of nitrogens with one attached hydrogen (secondary N) is 1. The van der Waals surface area contributed by atoms with Crippen LogP contribution < -0.4 is 5.32 Å². The van der Waals surface area contributed by atoms with Gasteiger partial charge in [-0.1, -0.05) is 19.9 Å². The summed E-state index contributed by atoms with van der Waals surface area (Å²) in [5, 5.41) is 14.2. The number of hydrogen-bond donors (Lipinski definition) is 1. The van der Waals surface area contributed by atoms with Gasteiger partial charge in [0.25, 0.3) is 11.8 Å². The highest BCUT2D eigenvalue weighted by Gasteiger charge is 2.30. The monoisotopic (exact) mass is 478 g/mol. The lowest BCUT2D eigenvalue weighted by molar-refractivity contribution is 0.0762. The van der Waals surface area contributed by atoms with Crippen LogP contribution in [0.1, 0.15) is 75.7 Å². The van der Waals surface area contributed by atoms with Crippen molar-refractivity contribution in [2.75, 3.05) is 13.1 Å². The van der Waals surface area contributed by atoms with E-state index >= 15 is 0 Å². The number of carbonyl (C=O) groups excluding carboxylic acids is 2. The number of nitrogens with zero attached hydrogens (tertiary/aromatic N) is 5. The van der Waals surface area contributed by atoms with Crippen LogP contribution in [0.15, 0.2) is 29.8 Å². The normalized spacial score (nSPS) is 16.5. The summed E-state index contributed by atoms with van der Waals surface area (Å²) in [7, 11) is 0. The average molecular weight is 479 g/mol. The first kappa shape index (κ1) is 22.7. The third kappa shape index (κ3) is 4.36. The largest absolute Gasteiger partial charge is 0.340 e. The first-order valence-corrected chi connectivity index (χ1v) is 12.9. The zero-order valence-electron chi connectivity index (χ0n) is 19.7. The number of thiophene rings is 1. The van der Waals surface area contributed by atoms with E-state index in [-0.39, 0.29) is 23.8 Å². The van der Waals surface area contributed by atoms with Crippen molar-refractivity contribution in [3.05, 3.63) is 63.1 Å². The third-order valence-corrected chi connectivity index (χ3v) is 7.83. The molecule has 2 aliphatic rings. The van der Waals surface area contributed by atoms with Crippen molar-refractivity contribution in [3.63, 3.8) is 0 Å². The van der Waals surface area contributed by atoms with E-state index in [2.05, 4.69) is 44.3 Å². The van der Waals surface area contributed by atoms with Crippen LogP contribution in [0.3, 0.4) is 0 Å². The molecule has 0 radical (unpaired) electrons.